The Kier molecular flexibility index (Phi) is 11.5. The van der Waals surface area contributed by atoms with Crippen molar-refractivity contribution in [1.82, 2.24) is 24.6 Å². The van der Waals surface area contributed by atoms with Crippen LogP contribution in [0, 0.1) is 18.2 Å². The van der Waals surface area contributed by atoms with Gasteiger partial charge in [0.05, 0.1) is 20.3 Å². The van der Waals surface area contributed by atoms with Gasteiger partial charge in [0.15, 0.2) is 17.4 Å². The van der Waals surface area contributed by atoms with Crippen molar-refractivity contribution in [2.24, 2.45) is 5.41 Å². The van der Waals surface area contributed by atoms with Gasteiger partial charge in [0.2, 0.25) is 11.8 Å². The van der Waals surface area contributed by atoms with Crippen molar-refractivity contribution in [3.63, 3.8) is 0 Å². The second kappa shape index (κ2) is 15.8. The van der Waals surface area contributed by atoms with Crippen molar-refractivity contribution in [3.8, 4) is 11.6 Å². The first kappa shape index (κ1) is 40.0. The lowest BCUT2D eigenvalue weighted by Crippen LogP contribution is -2.44. The number of nitrogens with one attached hydrogen (secondary N) is 2. The molecular formula is C38H46FN6O9P. The van der Waals surface area contributed by atoms with Gasteiger partial charge in [0.25, 0.3) is 0 Å². The summed E-state index contributed by atoms with van der Waals surface area (Å²) in [5, 5.41) is 30.5. The zero-order valence-corrected chi connectivity index (χ0v) is 32.5. The Hall–Kier alpha value is -4.70. The lowest BCUT2D eigenvalue weighted by Gasteiger charge is -2.28. The molecule has 294 valence electrons. The Morgan fingerprint density at radius 3 is 2.51 bits per heavy atom. The number of halogens is 1. The summed E-state index contributed by atoms with van der Waals surface area (Å²) in [6, 6.07) is 17.3. The van der Waals surface area contributed by atoms with Gasteiger partial charge in [-0.15, -0.1) is 0 Å². The Labute approximate surface area is 317 Å². The minimum atomic E-state index is -4.43. The highest BCUT2D eigenvalue weighted by molar-refractivity contribution is 7.52. The minimum Gasteiger partial charge on any atom is -0.479 e. The van der Waals surface area contributed by atoms with E-state index in [1.54, 1.807) is 43.3 Å². The summed E-state index contributed by atoms with van der Waals surface area (Å²) in [7, 11) is -3.00. The predicted molar refractivity (Wildman–Crippen MR) is 202 cm³/mol. The molecule has 0 radical (unpaired) electrons. The normalized spacial score (nSPS) is 21.7. The van der Waals surface area contributed by atoms with Crippen LogP contribution in [0.3, 0.4) is 0 Å². The van der Waals surface area contributed by atoms with Crippen LogP contribution >= 0.6 is 7.75 Å². The molecule has 0 saturated carbocycles. The molecule has 0 aliphatic carbocycles. The number of methoxy groups -OCH3 is 1. The number of aromatic nitrogens is 4. The average molecular weight is 781 g/mol. The fourth-order valence-corrected chi connectivity index (χ4v) is 7.59. The van der Waals surface area contributed by atoms with E-state index in [4.69, 9.17) is 23.3 Å². The molecule has 3 heterocycles. The van der Waals surface area contributed by atoms with Crippen LogP contribution in [-0.2, 0) is 29.9 Å². The van der Waals surface area contributed by atoms with E-state index in [2.05, 4.69) is 25.4 Å². The monoisotopic (exact) mass is 780 g/mol. The van der Waals surface area contributed by atoms with E-state index in [0.29, 0.717) is 11.2 Å². The maximum Gasteiger partial charge on any atom is 0.459 e. The molecule has 6 rings (SSSR count). The van der Waals surface area contributed by atoms with E-state index in [-0.39, 0.29) is 53.1 Å². The van der Waals surface area contributed by atoms with Gasteiger partial charge in [-0.3, -0.25) is 13.9 Å². The molecule has 1 saturated heterocycles. The number of aliphatic hydroxyl groups excluding tert-OH is 1. The number of carbonyl (C=O) groups is 1. The first-order chi connectivity index (χ1) is 26.0. The summed E-state index contributed by atoms with van der Waals surface area (Å²) >= 11 is 0. The molecule has 6 atom stereocenters. The number of fused-ring (bicyclic) bond motifs is 2. The Balaban J connectivity index is 1.26. The van der Waals surface area contributed by atoms with Crippen molar-refractivity contribution in [1.29, 1.82) is 0 Å². The molecule has 0 amide bonds. The molecule has 0 spiro atoms. The minimum absolute atomic E-state index is 0.122. The van der Waals surface area contributed by atoms with Crippen LogP contribution in [0.15, 0.2) is 66.7 Å². The summed E-state index contributed by atoms with van der Waals surface area (Å²) in [5.74, 6) is -0.169. The SMILES string of the molecule is COc1nc(NCc2ccc(F)cc2)nc2c1nc(C)n2C1OC(COP(=O)(NC(C)C(=O)OCC(C)(C)C)Oc2cccc3ccccc23)C(O)C1(C)O. The average Bonchev–Trinajstić information content (AvgIpc) is 3.58. The molecule has 1 aliphatic heterocycles. The van der Waals surface area contributed by atoms with Gasteiger partial charge in [-0.1, -0.05) is 69.3 Å². The predicted octanol–water partition coefficient (Wildman–Crippen LogP) is 5.83. The third-order valence-corrected chi connectivity index (χ3v) is 10.6. The number of nitrogens with zero attached hydrogens (tertiary/aromatic N) is 4. The second-order valence-electron chi connectivity index (χ2n) is 14.8. The van der Waals surface area contributed by atoms with Crippen LogP contribution in [0.2, 0.25) is 0 Å². The van der Waals surface area contributed by atoms with E-state index in [1.807, 2.05) is 39.0 Å². The molecule has 6 unspecified atom stereocenters. The first-order valence-corrected chi connectivity index (χ1v) is 19.2. The Bertz CT molecular complexity index is 2210. The first-order valence-electron chi connectivity index (χ1n) is 17.7. The third-order valence-electron chi connectivity index (χ3n) is 8.96. The maximum absolute atomic E-state index is 14.6. The van der Waals surface area contributed by atoms with Gasteiger partial charge in [0.1, 0.15) is 41.2 Å². The number of aliphatic hydroxyl groups is 2. The van der Waals surface area contributed by atoms with Crippen molar-refractivity contribution in [3.05, 3.63) is 83.9 Å². The van der Waals surface area contributed by atoms with E-state index in [0.717, 1.165) is 10.9 Å². The van der Waals surface area contributed by atoms with Crippen LogP contribution in [0.25, 0.3) is 21.9 Å². The molecule has 4 N–H and O–H groups in total. The highest BCUT2D eigenvalue weighted by atomic mass is 31.2. The Morgan fingerprint density at radius 2 is 1.80 bits per heavy atom. The number of hydrogen-bond donors (Lipinski definition) is 4. The summed E-state index contributed by atoms with van der Waals surface area (Å²) < 4.78 is 58.7. The number of benzene rings is 3. The van der Waals surface area contributed by atoms with E-state index < -0.39 is 50.4 Å². The summed E-state index contributed by atoms with van der Waals surface area (Å²) in [4.78, 5) is 26.6. The number of carbonyl (C=O) groups excluding carboxylic acids is 1. The van der Waals surface area contributed by atoms with Crippen molar-refractivity contribution >= 4 is 41.6 Å². The number of imidazole rings is 1. The van der Waals surface area contributed by atoms with Crippen LogP contribution in [0.1, 0.15) is 52.2 Å². The topological polar surface area (TPSA) is 188 Å². The largest absolute Gasteiger partial charge is 0.479 e. The maximum atomic E-state index is 14.6. The quantitative estimate of drug-likeness (QED) is 0.0779. The fourth-order valence-electron chi connectivity index (χ4n) is 6.06. The molecule has 17 heteroatoms. The Morgan fingerprint density at radius 1 is 1.09 bits per heavy atom. The van der Waals surface area contributed by atoms with Crippen molar-refractivity contribution in [2.45, 2.75) is 78.2 Å². The highest BCUT2D eigenvalue weighted by Crippen LogP contribution is 2.49. The fraction of sp³-hybridized carbons (Fsp3) is 0.421. The lowest BCUT2D eigenvalue weighted by atomic mass is 9.96. The van der Waals surface area contributed by atoms with Crippen LogP contribution in [0.4, 0.5) is 10.3 Å². The number of rotatable bonds is 14. The number of ether oxygens (including phenoxy) is 3. The van der Waals surface area contributed by atoms with Crippen LogP contribution < -0.4 is 19.7 Å². The molecule has 0 bridgehead atoms. The molecule has 3 aromatic carbocycles. The zero-order valence-electron chi connectivity index (χ0n) is 31.6. The van der Waals surface area contributed by atoms with Crippen molar-refractivity contribution in [2.75, 3.05) is 25.6 Å². The smallest absolute Gasteiger partial charge is 0.459 e. The molecule has 1 fully saturated rings. The number of hydrogen-bond acceptors (Lipinski definition) is 13. The number of aryl methyl sites for hydroxylation is 1. The van der Waals surface area contributed by atoms with Crippen molar-refractivity contribution < 1.29 is 47.2 Å². The lowest BCUT2D eigenvalue weighted by molar-refractivity contribution is -0.148. The van der Waals surface area contributed by atoms with Crippen LogP contribution in [0.5, 0.6) is 11.6 Å². The molecular weight excluding hydrogens is 734 g/mol. The van der Waals surface area contributed by atoms with E-state index >= 15 is 0 Å². The number of anilines is 1. The van der Waals surface area contributed by atoms with Gasteiger partial charge in [-0.25, -0.2) is 13.9 Å². The summed E-state index contributed by atoms with van der Waals surface area (Å²) in [6.07, 6.45) is -4.11. The van der Waals surface area contributed by atoms with Crippen LogP contribution in [-0.4, -0.2) is 79.9 Å². The number of esters is 1. The molecule has 2 aromatic heterocycles. The van der Waals surface area contributed by atoms with E-state index in [1.165, 1.54) is 37.7 Å². The van der Waals surface area contributed by atoms with Gasteiger partial charge in [-0.2, -0.15) is 15.1 Å². The van der Waals surface area contributed by atoms with Gasteiger partial charge in [0, 0.05) is 11.9 Å². The third kappa shape index (κ3) is 8.90. The van der Waals surface area contributed by atoms with E-state index in [9.17, 15) is 24.0 Å². The molecule has 5 aromatic rings. The molecule has 15 nitrogen and oxygen atoms in total. The second-order valence-corrected chi connectivity index (χ2v) is 16.5. The zero-order chi connectivity index (χ0) is 39.7. The molecule has 55 heavy (non-hydrogen) atoms. The van der Waals surface area contributed by atoms with Gasteiger partial charge < -0.3 is 34.3 Å². The summed E-state index contributed by atoms with van der Waals surface area (Å²) in [5.41, 5.74) is -1.00. The standard InChI is InChI=1S/C38H46FN6O9P/c1-22(34(47)51-21-37(3,4)5)44-55(49,54-28-14-10-12-25-11-8-9-13-27(25)28)52-20-29-31(46)38(6,48)35(53-29)45-23(2)41-30-32(45)42-36(43-33(30)50-7)40-19-24-15-17-26(39)18-16-24/h8-18,22,29,31,35,46,48H,19-21H2,1-7H3,(H,44,49)(H,40,42,43). The summed E-state index contributed by atoms with van der Waals surface area (Å²) in [6.45, 7) is 10.1. The highest BCUT2D eigenvalue weighted by Gasteiger charge is 2.54. The van der Waals surface area contributed by atoms with Gasteiger partial charge in [-0.05, 0) is 55.3 Å². The van der Waals surface area contributed by atoms with Gasteiger partial charge >= 0.3 is 13.7 Å². The molecule has 1 aliphatic rings.